The highest BCUT2D eigenvalue weighted by atomic mass is 79.9. The molecule has 1 heterocycles. The van der Waals surface area contributed by atoms with E-state index in [-0.39, 0.29) is 33.5 Å². The van der Waals surface area contributed by atoms with Crippen molar-refractivity contribution in [3.05, 3.63) is 63.1 Å². The van der Waals surface area contributed by atoms with E-state index in [0.717, 1.165) is 30.3 Å². The van der Waals surface area contributed by atoms with Crippen LogP contribution in [0.1, 0.15) is 50.6 Å². The lowest BCUT2D eigenvalue weighted by Crippen LogP contribution is -2.44. The first-order chi connectivity index (χ1) is 24.3. The summed E-state index contributed by atoms with van der Waals surface area (Å²) in [7, 11) is -8.77. The normalized spacial score (nSPS) is 17.8. The van der Waals surface area contributed by atoms with E-state index in [2.05, 4.69) is 31.9 Å². The summed E-state index contributed by atoms with van der Waals surface area (Å²) in [5, 5.41) is 17.2. The highest BCUT2D eigenvalue weighted by Gasteiger charge is 2.32. The average molecular weight is 681 g/mol. The number of halogens is 1. The topological polar surface area (TPSA) is 165 Å². The molecule has 0 fully saturated rings. The Morgan fingerprint density at radius 1 is 1.00 bits per heavy atom. The molecule has 232 valence electrons. The van der Waals surface area contributed by atoms with Crippen LogP contribution in [-0.2, 0) is 9.59 Å². The Morgan fingerprint density at radius 3 is 2.34 bits per heavy atom. The summed E-state index contributed by atoms with van der Waals surface area (Å²) in [4.78, 5) is 52.6. The monoisotopic (exact) mass is 679 g/mol. The lowest BCUT2D eigenvalue weighted by Gasteiger charge is -2.19. The van der Waals surface area contributed by atoms with Gasteiger partial charge < -0.3 is 34.9 Å². The molecule has 4 N–H and O–H groups in total. The number of aryl methyl sites for hydroxylation is 2. The zero-order chi connectivity index (χ0) is 39.8. The number of anilines is 2. The van der Waals surface area contributed by atoms with Gasteiger partial charge in [0.2, 0.25) is 17.6 Å². The van der Waals surface area contributed by atoms with Gasteiger partial charge in [-0.05, 0) is 71.2 Å². The minimum atomic E-state index is -3.28. The minimum Gasteiger partial charge on any atom is -0.493 e. The van der Waals surface area contributed by atoms with Crippen molar-refractivity contribution in [2.75, 3.05) is 38.8 Å². The molecule has 1 aliphatic heterocycles. The van der Waals surface area contributed by atoms with Crippen molar-refractivity contribution in [2.24, 2.45) is 0 Å². The first kappa shape index (κ1) is 21.8. The Labute approximate surface area is 274 Å². The van der Waals surface area contributed by atoms with E-state index in [1.165, 1.54) is 6.07 Å². The maximum Gasteiger partial charge on any atom is 0.257 e. The molecule has 1 atom stereocenters. The van der Waals surface area contributed by atoms with Crippen LogP contribution in [0.25, 0.3) is 0 Å². The number of methoxy groups -OCH3 is 3. The molecule has 0 radical (unpaired) electrons. The molecule has 0 saturated heterocycles. The maximum atomic E-state index is 14.0. The SMILES string of the molecule is [2H]C([2H])([2H])Oc1cc(C(=O)Nc2cc3c(cc2Oc2cc(C)cc(C)c2)C(=O)N[C@@H](CC(=O)N(C)O)C(=O)N3)c(Br)c(OC([2H])([2H])[2H])c1OC([2H])([2H])[2H]. The summed E-state index contributed by atoms with van der Waals surface area (Å²) < 4.78 is 88.5. The molecule has 0 aromatic heterocycles. The Hall–Kier alpha value is -4.82. The quantitative estimate of drug-likeness (QED) is 0.189. The van der Waals surface area contributed by atoms with E-state index in [4.69, 9.17) is 31.3 Å². The van der Waals surface area contributed by atoms with Crippen molar-refractivity contribution >= 4 is 50.9 Å². The van der Waals surface area contributed by atoms with Crippen LogP contribution in [0.4, 0.5) is 11.4 Å². The fourth-order valence-electron chi connectivity index (χ4n) is 4.36. The van der Waals surface area contributed by atoms with Gasteiger partial charge in [-0.2, -0.15) is 0 Å². The van der Waals surface area contributed by atoms with Gasteiger partial charge in [-0.25, -0.2) is 5.06 Å². The highest BCUT2D eigenvalue weighted by Crippen LogP contribution is 2.45. The smallest absolute Gasteiger partial charge is 0.257 e. The first-order valence-electron chi connectivity index (χ1n) is 17.1. The van der Waals surface area contributed by atoms with Gasteiger partial charge in [-0.15, -0.1) is 0 Å². The third-order valence-electron chi connectivity index (χ3n) is 6.35. The molecule has 14 heteroatoms. The minimum absolute atomic E-state index is 0.152. The van der Waals surface area contributed by atoms with Crippen LogP contribution in [0.3, 0.4) is 0 Å². The van der Waals surface area contributed by atoms with Gasteiger partial charge in [-0.1, -0.05) is 6.07 Å². The van der Waals surface area contributed by atoms with Gasteiger partial charge in [0.05, 0.1) is 66.8 Å². The van der Waals surface area contributed by atoms with E-state index < -0.39 is 84.5 Å². The molecule has 1 aliphatic rings. The number of fused-ring (bicyclic) bond motifs is 1. The van der Waals surface area contributed by atoms with E-state index in [0.29, 0.717) is 0 Å². The highest BCUT2D eigenvalue weighted by molar-refractivity contribution is 9.10. The van der Waals surface area contributed by atoms with Gasteiger partial charge in [0, 0.05) is 7.05 Å². The number of benzene rings is 3. The molecular weight excluding hydrogens is 640 g/mol. The van der Waals surface area contributed by atoms with Gasteiger partial charge >= 0.3 is 0 Å². The summed E-state index contributed by atoms with van der Waals surface area (Å²) in [5.74, 6) is -6.37. The molecule has 0 saturated carbocycles. The Balaban J connectivity index is 1.88. The van der Waals surface area contributed by atoms with Crippen LogP contribution in [0.15, 0.2) is 40.9 Å². The summed E-state index contributed by atoms with van der Waals surface area (Å²) in [5.41, 5.74) is 0.523. The number of ether oxygens (including phenoxy) is 4. The third-order valence-corrected chi connectivity index (χ3v) is 7.14. The number of nitrogens with one attached hydrogen (secondary N) is 3. The number of amides is 4. The molecule has 0 unspecified atom stereocenters. The molecule has 4 amide bonds. The van der Waals surface area contributed by atoms with Crippen LogP contribution in [0.2, 0.25) is 0 Å². The van der Waals surface area contributed by atoms with Gasteiger partial charge in [0.25, 0.3) is 11.8 Å². The first-order valence-corrected chi connectivity index (χ1v) is 13.4. The number of rotatable bonds is 9. The number of hydrogen-bond donors (Lipinski definition) is 4. The van der Waals surface area contributed by atoms with Gasteiger partial charge in [0.15, 0.2) is 17.2 Å². The lowest BCUT2D eigenvalue weighted by atomic mass is 10.1. The molecule has 0 aliphatic carbocycles. The molecule has 13 nitrogen and oxygen atoms in total. The lowest BCUT2D eigenvalue weighted by molar-refractivity contribution is -0.160. The fourth-order valence-corrected chi connectivity index (χ4v) is 4.91. The van der Waals surface area contributed by atoms with Crippen molar-refractivity contribution in [1.29, 1.82) is 0 Å². The van der Waals surface area contributed by atoms with Crippen molar-refractivity contribution < 1.29 is 55.7 Å². The zero-order valence-electron chi connectivity index (χ0n) is 32.3. The molecule has 3 aromatic carbocycles. The summed E-state index contributed by atoms with van der Waals surface area (Å²) >= 11 is 3.05. The Morgan fingerprint density at radius 2 is 1.68 bits per heavy atom. The van der Waals surface area contributed by atoms with Crippen molar-refractivity contribution in [3.63, 3.8) is 0 Å². The number of hydrogen-bond acceptors (Lipinski definition) is 9. The van der Waals surface area contributed by atoms with Crippen molar-refractivity contribution in [3.8, 4) is 28.7 Å². The number of nitrogens with zero attached hydrogens (tertiary/aromatic N) is 1. The number of carbonyl (C=O) groups excluding carboxylic acids is 4. The van der Waals surface area contributed by atoms with Crippen LogP contribution in [-0.4, -0.2) is 68.1 Å². The Bertz CT molecular complexity index is 1950. The van der Waals surface area contributed by atoms with E-state index in [1.54, 1.807) is 26.0 Å². The van der Waals surface area contributed by atoms with Gasteiger partial charge in [-0.3, -0.25) is 24.4 Å². The van der Waals surface area contributed by atoms with E-state index >= 15 is 0 Å². The van der Waals surface area contributed by atoms with Crippen LogP contribution in [0, 0.1) is 13.8 Å². The predicted octanol–water partition coefficient (Wildman–Crippen LogP) is 4.42. The second kappa shape index (κ2) is 13.2. The summed E-state index contributed by atoms with van der Waals surface area (Å²) in [6, 6.07) is 6.85. The molecule has 44 heavy (non-hydrogen) atoms. The molecule has 0 bridgehead atoms. The predicted molar refractivity (Wildman–Crippen MR) is 163 cm³/mol. The summed E-state index contributed by atoms with van der Waals surface area (Å²) in [6.45, 7) is 3.59. The second-order valence-electron chi connectivity index (χ2n) is 9.61. The fraction of sp³-hybridized carbons (Fsp3) is 0.267. The van der Waals surface area contributed by atoms with Crippen molar-refractivity contribution in [1.82, 2.24) is 10.4 Å². The Kier molecular flexibility index (Phi) is 6.55. The largest absolute Gasteiger partial charge is 0.493 e. The van der Waals surface area contributed by atoms with E-state index in [9.17, 15) is 24.4 Å². The molecular formula is C30H31BrN4O9. The average Bonchev–Trinajstić information content (AvgIpc) is 3.08. The van der Waals surface area contributed by atoms with E-state index in [1.807, 2.05) is 6.07 Å². The number of carbonyl (C=O) groups is 4. The van der Waals surface area contributed by atoms with Crippen LogP contribution >= 0.6 is 15.9 Å². The summed E-state index contributed by atoms with van der Waals surface area (Å²) in [6.07, 6.45) is -0.606. The molecule has 0 spiro atoms. The maximum absolute atomic E-state index is 14.0. The third kappa shape index (κ3) is 6.71. The molecule has 4 rings (SSSR count). The standard InChI is InChI=1S/C30H31BrN4O9/c1-14-7-15(2)9-16(8-14)44-22-10-17-19(32-30(39)21(34-28(17)37)13-24(36)35(3)40)12-20(22)33-29(38)18-11-23(41-4)26(42-5)27(43-6)25(18)31/h7-12,21,40H,13H2,1-6H3,(H,32,39)(H,33,38)(H,34,37)/t21-/m0/s1/i4D3,5D3,6D3. The second-order valence-corrected chi connectivity index (χ2v) is 10.4. The van der Waals surface area contributed by atoms with Crippen LogP contribution < -0.4 is 34.9 Å². The van der Waals surface area contributed by atoms with Crippen LogP contribution in [0.5, 0.6) is 28.7 Å². The van der Waals surface area contributed by atoms with Gasteiger partial charge in [0.1, 0.15) is 11.8 Å². The number of hydroxylamine groups is 2. The molecule has 3 aromatic rings. The van der Waals surface area contributed by atoms with Crippen molar-refractivity contribution in [2.45, 2.75) is 26.3 Å². The zero-order valence-corrected chi connectivity index (χ0v) is 24.9.